The van der Waals surface area contributed by atoms with E-state index in [-0.39, 0.29) is 12.0 Å². The van der Waals surface area contributed by atoms with Crippen molar-refractivity contribution in [3.05, 3.63) is 33.8 Å². The summed E-state index contributed by atoms with van der Waals surface area (Å²) in [5, 5.41) is 8.27. The molecule has 0 spiro atoms. The summed E-state index contributed by atoms with van der Waals surface area (Å²) in [7, 11) is 0. The zero-order chi connectivity index (χ0) is 9.14. The first-order chi connectivity index (χ1) is 5.65. The first-order valence-electron chi connectivity index (χ1n) is 3.15. The van der Waals surface area contributed by atoms with E-state index in [0.29, 0.717) is 4.47 Å². The molecule has 0 N–H and O–H groups in total. The van der Waals surface area contributed by atoms with E-state index in [4.69, 9.17) is 5.26 Å². The van der Waals surface area contributed by atoms with Crippen LogP contribution < -0.4 is 0 Å². The van der Waals surface area contributed by atoms with Gasteiger partial charge in [-0.05, 0) is 12.1 Å². The SMILES string of the molecule is N#CCc1cc(Br)cc(F)c1F. The van der Waals surface area contributed by atoms with Gasteiger partial charge in [-0.2, -0.15) is 5.26 Å². The summed E-state index contributed by atoms with van der Waals surface area (Å²) in [5.41, 5.74) is 0.0735. The van der Waals surface area contributed by atoms with E-state index >= 15 is 0 Å². The summed E-state index contributed by atoms with van der Waals surface area (Å²) < 4.78 is 25.9. The maximum absolute atomic E-state index is 12.8. The van der Waals surface area contributed by atoms with Gasteiger partial charge in [0.15, 0.2) is 11.6 Å². The van der Waals surface area contributed by atoms with Gasteiger partial charge < -0.3 is 0 Å². The fraction of sp³-hybridized carbons (Fsp3) is 0.125. The Morgan fingerprint density at radius 2 is 2.08 bits per heavy atom. The summed E-state index contributed by atoms with van der Waals surface area (Å²) >= 11 is 3.00. The zero-order valence-electron chi connectivity index (χ0n) is 5.94. The van der Waals surface area contributed by atoms with E-state index in [0.717, 1.165) is 6.07 Å². The molecule has 0 aliphatic heterocycles. The Hall–Kier alpha value is -0.950. The fourth-order valence-electron chi connectivity index (χ4n) is 0.823. The lowest BCUT2D eigenvalue weighted by atomic mass is 10.1. The van der Waals surface area contributed by atoms with Crippen LogP contribution in [0.3, 0.4) is 0 Å². The van der Waals surface area contributed by atoms with Crippen molar-refractivity contribution in [2.24, 2.45) is 0 Å². The van der Waals surface area contributed by atoms with Gasteiger partial charge in [0.2, 0.25) is 0 Å². The monoisotopic (exact) mass is 231 g/mol. The average molecular weight is 232 g/mol. The molecule has 0 heterocycles. The molecule has 0 aromatic heterocycles. The van der Waals surface area contributed by atoms with Crippen LogP contribution >= 0.6 is 15.9 Å². The average Bonchev–Trinajstić information content (AvgIpc) is 2.00. The number of benzene rings is 1. The van der Waals surface area contributed by atoms with Crippen LogP contribution in [0.15, 0.2) is 16.6 Å². The maximum Gasteiger partial charge on any atom is 0.163 e. The number of nitrogens with zero attached hydrogens (tertiary/aromatic N) is 1. The lowest BCUT2D eigenvalue weighted by Gasteiger charge is -1.99. The van der Waals surface area contributed by atoms with E-state index in [1.54, 1.807) is 6.07 Å². The Balaban J connectivity index is 3.20. The van der Waals surface area contributed by atoms with Gasteiger partial charge in [-0.15, -0.1) is 0 Å². The van der Waals surface area contributed by atoms with Crippen molar-refractivity contribution >= 4 is 15.9 Å². The highest BCUT2D eigenvalue weighted by atomic mass is 79.9. The molecule has 0 fully saturated rings. The molecule has 0 saturated carbocycles. The smallest absolute Gasteiger partial charge is 0.163 e. The quantitative estimate of drug-likeness (QED) is 0.683. The first kappa shape index (κ1) is 9.14. The molecule has 0 saturated heterocycles. The van der Waals surface area contributed by atoms with E-state index in [1.807, 2.05) is 0 Å². The third-order valence-corrected chi connectivity index (χ3v) is 1.80. The molecule has 1 aromatic rings. The number of hydrogen-bond donors (Lipinski definition) is 0. The van der Waals surface area contributed by atoms with E-state index in [9.17, 15) is 8.78 Å². The van der Waals surface area contributed by atoms with Gasteiger partial charge >= 0.3 is 0 Å². The van der Waals surface area contributed by atoms with Crippen LogP contribution in [0.4, 0.5) is 8.78 Å². The second-order valence-electron chi connectivity index (χ2n) is 2.20. The Bertz CT molecular complexity index is 344. The van der Waals surface area contributed by atoms with Crippen molar-refractivity contribution in [3.8, 4) is 6.07 Å². The van der Waals surface area contributed by atoms with Crippen LogP contribution in [-0.2, 0) is 6.42 Å². The second-order valence-corrected chi connectivity index (χ2v) is 3.11. The predicted molar refractivity (Wildman–Crippen MR) is 43.4 cm³/mol. The molecular formula is C8H4BrF2N. The Morgan fingerprint density at radius 1 is 1.42 bits per heavy atom. The fourth-order valence-corrected chi connectivity index (χ4v) is 1.30. The molecule has 1 nitrogen and oxygen atoms in total. The molecule has 62 valence electrons. The van der Waals surface area contributed by atoms with Crippen LogP contribution in [0.5, 0.6) is 0 Å². The van der Waals surface area contributed by atoms with Gasteiger partial charge in [-0.1, -0.05) is 15.9 Å². The molecule has 0 aliphatic carbocycles. The molecule has 0 radical (unpaired) electrons. The molecule has 1 aromatic carbocycles. The molecule has 0 aliphatic rings. The number of nitriles is 1. The minimum absolute atomic E-state index is 0.0735. The van der Waals surface area contributed by atoms with Gasteiger partial charge in [0, 0.05) is 10.0 Å². The molecular weight excluding hydrogens is 228 g/mol. The maximum atomic E-state index is 12.8. The van der Waals surface area contributed by atoms with Gasteiger partial charge in [-0.3, -0.25) is 0 Å². The number of halogens is 3. The molecule has 0 unspecified atom stereocenters. The van der Waals surface area contributed by atoms with Crippen LogP contribution in [0.25, 0.3) is 0 Å². The Kier molecular flexibility index (Phi) is 2.77. The van der Waals surface area contributed by atoms with Crippen molar-refractivity contribution in [2.45, 2.75) is 6.42 Å². The summed E-state index contributed by atoms with van der Waals surface area (Å²) in [5.74, 6) is -1.88. The van der Waals surface area contributed by atoms with Crippen molar-refractivity contribution in [1.82, 2.24) is 0 Å². The van der Waals surface area contributed by atoms with Crippen LogP contribution in [0.1, 0.15) is 5.56 Å². The normalized spacial score (nSPS) is 9.50. The lowest BCUT2D eigenvalue weighted by molar-refractivity contribution is 0.500. The summed E-state index contributed by atoms with van der Waals surface area (Å²) in [6.07, 6.45) is -0.123. The summed E-state index contributed by atoms with van der Waals surface area (Å²) in [6, 6.07) is 4.17. The molecule has 4 heteroatoms. The minimum atomic E-state index is -0.945. The number of rotatable bonds is 1. The predicted octanol–water partition coefficient (Wildman–Crippen LogP) is 2.79. The summed E-state index contributed by atoms with van der Waals surface area (Å²) in [4.78, 5) is 0. The van der Waals surface area contributed by atoms with Gasteiger partial charge in [0.1, 0.15) is 0 Å². The van der Waals surface area contributed by atoms with Crippen molar-refractivity contribution < 1.29 is 8.78 Å². The number of hydrogen-bond acceptors (Lipinski definition) is 1. The van der Waals surface area contributed by atoms with Crippen molar-refractivity contribution in [3.63, 3.8) is 0 Å². The lowest BCUT2D eigenvalue weighted by Crippen LogP contribution is -1.93. The first-order valence-corrected chi connectivity index (χ1v) is 3.95. The van der Waals surface area contributed by atoms with Gasteiger partial charge in [-0.25, -0.2) is 8.78 Å². The Morgan fingerprint density at radius 3 is 2.67 bits per heavy atom. The molecule has 0 atom stereocenters. The van der Waals surface area contributed by atoms with Crippen LogP contribution in [0, 0.1) is 23.0 Å². The van der Waals surface area contributed by atoms with Gasteiger partial charge in [0.25, 0.3) is 0 Å². The molecule has 0 amide bonds. The largest absolute Gasteiger partial charge is 0.204 e. The third-order valence-electron chi connectivity index (χ3n) is 1.34. The highest BCUT2D eigenvalue weighted by Gasteiger charge is 2.08. The molecule has 12 heavy (non-hydrogen) atoms. The van der Waals surface area contributed by atoms with Crippen molar-refractivity contribution in [2.75, 3.05) is 0 Å². The molecule has 1 rings (SSSR count). The highest BCUT2D eigenvalue weighted by Crippen LogP contribution is 2.19. The molecule has 0 bridgehead atoms. The van der Waals surface area contributed by atoms with E-state index in [1.165, 1.54) is 6.07 Å². The zero-order valence-corrected chi connectivity index (χ0v) is 7.53. The van der Waals surface area contributed by atoms with E-state index in [2.05, 4.69) is 15.9 Å². The van der Waals surface area contributed by atoms with E-state index < -0.39 is 11.6 Å². The Labute approximate surface area is 76.8 Å². The topological polar surface area (TPSA) is 23.8 Å². The standard InChI is InChI=1S/C8H4BrF2N/c9-6-3-5(1-2-12)8(11)7(10)4-6/h3-4H,1H2. The van der Waals surface area contributed by atoms with Crippen molar-refractivity contribution in [1.29, 1.82) is 5.26 Å². The highest BCUT2D eigenvalue weighted by molar-refractivity contribution is 9.10. The third kappa shape index (κ3) is 1.80. The van der Waals surface area contributed by atoms with Crippen LogP contribution in [-0.4, -0.2) is 0 Å². The second kappa shape index (κ2) is 3.63. The van der Waals surface area contributed by atoms with Gasteiger partial charge in [0.05, 0.1) is 12.5 Å². The van der Waals surface area contributed by atoms with Crippen LogP contribution in [0.2, 0.25) is 0 Å². The summed E-state index contributed by atoms with van der Waals surface area (Å²) in [6.45, 7) is 0. The minimum Gasteiger partial charge on any atom is -0.204 e.